The number of benzene rings is 2. The molecule has 1 aliphatic rings. The quantitative estimate of drug-likeness (QED) is 0.426. The number of hydrogen-bond acceptors (Lipinski definition) is 5. The molecule has 2 aromatic heterocycles. The van der Waals surface area contributed by atoms with Crippen LogP contribution in [-0.2, 0) is 0 Å². The lowest BCUT2D eigenvalue weighted by Crippen LogP contribution is -2.42. The average molecular weight is 468 g/mol. The number of rotatable bonds is 4. The van der Waals surface area contributed by atoms with Crippen molar-refractivity contribution < 1.29 is 4.79 Å². The van der Waals surface area contributed by atoms with Gasteiger partial charge in [0, 0.05) is 55.0 Å². The summed E-state index contributed by atoms with van der Waals surface area (Å²) in [5, 5.41) is 15.5. The van der Waals surface area contributed by atoms with Crippen molar-refractivity contribution in [1.82, 2.24) is 14.9 Å². The van der Waals surface area contributed by atoms with Crippen LogP contribution in [0.3, 0.4) is 0 Å². The van der Waals surface area contributed by atoms with Crippen LogP contribution in [0.5, 0.6) is 0 Å². The lowest BCUT2D eigenvalue weighted by molar-refractivity contribution is 0.0718. The molecular formula is C27H22ClN5O. The summed E-state index contributed by atoms with van der Waals surface area (Å²) < 4.78 is 0. The molecule has 3 heterocycles. The first-order valence-corrected chi connectivity index (χ1v) is 11.5. The van der Waals surface area contributed by atoms with Gasteiger partial charge in [-0.05, 0) is 65.8 Å². The van der Waals surface area contributed by atoms with Gasteiger partial charge < -0.3 is 10.2 Å². The molecule has 2 aromatic carbocycles. The van der Waals surface area contributed by atoms with Gasteiger partial charge >= 0.3 is 0 Å². The minimum absolute atomic E-state index is 0.0557. The first kappa shape index (κ1) is 21.9. The second-order valence-corrected chi connectivity index (χ2v) is 8.79. The second-order valence-electron chi connectivity index (χ2n) is 8.38. The Hall–Kier alpha value is -3.95. The van der Waals surface area contributed by atoms with Gasteiger partial charge in [0.25, 0.3) is 5.91 Å². The number of piperidine rings is 1. The molecule has 1 fully saturated rings. The lowest BCUT2D eigenvalue weighted by atomic mass is 9.98. The van der Waals surface area contributed by atoms with Crippen LogP contribution in [0.15, 0.2) is 73.3 Å². The number of carbonyl (C=O) groups excluding carboxylic acids is 1. The topological polar surface area (TPSA) is 81.9 Å². The van der Waals surface area contributed by atoms with Gasteiger partial charge in [-0.25, -0.2) is 0 Å². The Kier molecular flexibility index (Phi) is 6.11. The van der Waals surface area contributed by atoms with Gasteiger partial charge in [-0.2, -0.15) is 5.26 Å². The molecule has 0 saturated carbocycles. The summed E-state index contributed by atoms with van der Waals surface area (Å²) in [5.74, 6) is -0.0557. The number of fused-ring (bicyclic) bond motifs is 1. The average Bonchev–Trinajstić information content (AvgIpc) is 2.89. The number of hydrogen-bond donors (Lipinski definition) is 1. The molecule has 6 nitrogen and oxygen atoms in total. The van der Waals surface area contributed by atoms with Gasteiger partial charge in [-0.15, -0.1) is 0 Å². The normalized spacial score (nSPS) is 14.1. The largest absolute Gasteiger partial charge is 0.382 e. The highest BCUT2D eigenvalue weighted by molar-refractivity contribution is 6.33. The lowest BCUT2D eigenvalue weighted by Gasteiger charge is -2.33. The Morgan fingerprint density at radius 3 is 2.62 bits per heavy atom. The van der Waals surface area contributed by atoms with E-state index in [1.165, 1.54) is 6.20 Å². The number of carbonyl (C=O) groups is 1. The van der Waals surface area contributed by atoms with Gasteiger partial charge in [0.15, 0.2) is 0 Å². The minimum atomic E-state index is -0.0557. The van der Waals surface area contributed by atoms with Crippen molar-refractivity contribution in [3.05, 3.63) is 89.5 Å². The number of amides is 1. The van der Waals surface area contributed by atoms with Crippen molar-refractivity contribution in [2.24, 2.45) is 0 Å². The van der Waals surface area contributed by atoms with Gasteiger partial charge in [0.2, 0.25) is 0 Å². The molecule has 34 heavy (non-hydrogen) atoms. The van der Waals surface area contributed by atoms with E-state index in [1.807, 2.05) is 41.4 Å². The Balaban J connectivity index is 1.36. The van der Waals surface area contributed by atoms with Crippen LogP contribution >= 0.6 is 11.6 Å². The third-order valence-corrected chi connectivity index (χ3v) is 6.53. The summed E-state index contributed by atoms with van der Waals surface area (Å²) in [5.41, 5.74) is 4.17. The van der Waals surface area contributed by atoms with Crippen LogP contribution in [0.25, 0.3) is 21.9 Å². The van der Waals surface area contributed by atoms with E-state index in [4.69, 9.17) is 11.6 Å². The summed E-state index contributed by atoms with van der Waals surface area (Å²) in [6, 6.07) is 18.0. The SMILES string of the molecule is N#Cc1cccc(-c2cc(NC3CCN(C(=O)c4ccncc4Cl)CC3)c3cnccc3c2)c1. The molecule has 0 bridgehead atoms. The maximum absolute atomic E-state index is 12.9. The van der Waals surface area contributed by atoms with Crippen molar-refractivity contribution in [2.45, 2.75) is 18.9 Å². The minimum Gasteiger partial charge on any atom is -0.382 e. The molecule has 0 aliphatic carbocycles. The molecule has 0 atom stereocenters. The standard InChI is InChI=1S/C27H22ClN5O/c28-25-17-31-9-5-23(25)27(34)33-10-6-22(7-11-33)32-26-14-21(13-20-4-8-30-16-24(20)26)19-3-1-2-18(12-19)15-29/h1-5,8-9,12-14,16-17,22,32H,6-7,10-11H2. The first-order valence-electron chi connectivity index (χ1n) is 11.2. The second kappa shape index (κ2) is 9.50. The zero-order chi connectivity index (χ0) is 23.5. The summed E-state index contributed by atoms with van der Waals surface area (Å²) in [6.07, 6.45) is 8.40. The molecule has 1 N–H and O–H groups in total. The Morgan fingerprint density at radius 2 is 1.82 bits per heavy atom. The highest BCUT2D eigenvalue weighted by atomic mass is 35.5. The number of nitrogens with zero attached hydrogens (tertiary/aromatic N) is 4. The third-order valence-electron chi connectivity index (χ3n) is 6.23. The number of pyridine rings is 2. The predicted molar refractivity (Wildman–Crippen MR) is 134 cm³/mol. The number of halogens is 1. The highest BCUT2D eigenvalue weighted by Gasteiger charge is 2.25. The summed E-state index contributed by atoms with van der Waals surface area (Å²) in [6.45, 7) is 1.30. The molecule has 0 spiro atoms. The fraction of sp³-hybridized carbons (Fsp3) is 0.185. The van der Waals surface area contributed by atoms with Crippen molar-refractivity contribution in [3.8, 4) is 17.2 Å². The van der Waals surface area contributed by atoms with E-state index in [0.29, 0.717) is 29.2 Å². The number of likely N-dealkylation sites (tertiary alicyclic amines) is 1. The first-order chi connectivity index (χ1) is 16.6. The van der Waals surface area contributed by atoms with E-state index in [9.17, 15) is 10.1 Å². The van der Waals surface area contributed by atoms with Crippen LogP contribution in [0, 0.1) is 11.3 Å². The maximum atomic E-state index is 12.9. The molecule has 1 aliphatic heterocycles. The monoisotopic (exact) mass is 467 g/mol. The molecule has 168 valence electrons. The summed E-state index contributed by atoms with van der Waals surface area (Å²) >= 11 is 6.17. The number of nitriles is 1. The Morgan fingerprint density at radius 1 is 1.03 bits per heavy atom. The number of aromatic nitrogens is 2. The fourth-order valence-electron chi connectivity index (χ4n) is 4.42. The van der Waals surface area contributed by atoms with Gasteiger partial charge in [-0.1, -0.05) is 23.7 Å². The molecule has 1 saturated heterocycles. The van der Waals surface area contributed by atoms with E-state index in [-0.39, 0.29) is 11.9 Å². The summed E-state index contributed by atoms with van der Waals surface area (Å²) in [7, 11) is 0. The molecule has 0 radical (unpaired) electrons. The van der Waals surface area contributed by atoms with E-state index in [1.54, 1.807) is 18.5 Å². The fourth-order valence-corrected chi connectivity index (χ4v) is 4.62. The van der Waals surface area contributed by atoms with E-state index < -0.39 is 0 Å². The molecule has 0 unspecified atom stereocenters. The third kappa shape index (κ3) is 4.43. The Bertz CT molecular complexity index is 1410. The zero-order valence-electron chi connectivity index (χ0n) is 18.4. The van der Waals surface area contributed by atoms with Crippen molar-refractivity contribution >= 4 is 34.0 Å². The smallest absolute Gasteiger partial charge is 0.255 e. The van der Waals surface area contributed by atoms with Crippen LogP contribution in [0.2, 0.25) is 5.02 Å². The van der Waals surface area contributed by atoms with Crippen LogP contribution in [0.4, 0.5) is 5.69 Å². The van der Waals surface area contributed by atoms with E-state index >= 15 is 0 Å². The van der Waals surface area contributed by atoms with Crippen LogP contribution in [-0.4, -0.2) is 39.9 Å². The van der Waals surface area contributed by atoms with E-state index in [2.05, 4.69) is 33.5 Å². The number of nitrogens with one attached hydrogen (secondary N) is 1. The maximum Gasteiger partial charge on any atom is 0.255 e. The van der Waals surface area contributed by atoms with Gasteiger partial charge in [-0.3, -0.25) is 14.8 Å². The Labute approximate surface area is 202 Å². The molecular weight excluding hydrogens is 446 g/mol. The highest BCUT2D eigenvalue weighted by Crippen LogP contribution is 2.32. The zero-order valence-corrected chi connectivity index (χ0v) is 19.2. The van der Waals surface area contributed by atoms with Crippen molar-refractivity contribution in [3.63, 3.8) is 0 Å². The molecule has 7 heteroatoms. The summed E-state index contributed by atoms with van der Waals surface area (Å²) in [4.78, 5) is 23.0. The van der Waals surface area contributed by atoms with Crippen molar-refractivity contribution in [2.75, 3.05) is 18.4 Å². The van der Waals surface area contributed by atoms with Gasteiger partial charge in [0.05, 0.1) is 22.2 Å². The van der Waals surface area contributed by atoms with E-state index in [0.717, 1.165) is 40.4 Å². The van der Waals surface area contributed by atoms with Gasteiger partial charge in [0.1, 0.15) is 0 Å². The predicted octanol–water partition coefficient (Wildman–Crippen LogP) is 5.54. The van der Waals surface area contributed by atoms with Crippen LogP contribution in [0.1, 0.15) is 28.8 Å². The van der Waals surface area contributed by atoms with Crippen molar-refractivity contribution in [1.29, 1.82) is 5.26 Å². The number of anilines is 1. The molecule has 5 rings (SSSR count). The van der Waals surface area contributed by atoms with Crippen LogP contribution < -0.4 is 5.32 Å². The molecule has 1 amide bonds. The molecule has 4 aromatic rings.